The number of benzene rings is 1. The fraction of sp³-hybridized carbons (Fsp3) is 0.0909. The van der Waals surface area contributed by atoms with Gasteiger partial charge in [-0.2, -0.15) is 0 Å². The molecule has 0 radical (unpaired) electrons. The molecule has 0 unspecified atom stereocenters. The quantitative estimate of drug-likeness (QED) is 0.841. The Balaban J connectivity index is 2.38. The second kappa shape index (κ2) is 5.43. The van der Waals surface area contributed by atoms with E-state index in [1.165, 1.54) is 24.3 Å². The molecule has 0 amide bonds. The standard InChI is InChI=1S/C11H10Cl2N4O2S/c1-6-4-7(5-8(14)11(6)13)20(18,19)17-10-3-2-9(12)15-16-10/h2-5H,14H2,1H3,(H,16,17). The topological polar surface area (TPSA) is 98.0 Å². The molecular formula is C11H10Cl2N4O2S. The van der Waals surface area contributed by atoms with Crippen LogP contribution in [-0.2, 0) is 10.0 Å². The molecule has 0 aliphatic heterocycles. The average molecular weight is 333 g/mol. The summed E-state index contributed by atoms with van der Waals surface area (Å²) in [4.78, 5) is -0.00588. The van der Waals surface area contributed by atoms with Crippen molar-refractivity contribution in [2.24, 2.45) is 0 Å². The second-order valence-electron chi connectivity index (χ2n) is 3.99. The lowest BCUT2D eigenvalue weighted by atomic mass is 10.2. The maximum atomic E-state index is 12.2. The highest BCUT2D eigenvalue weighted by atomic mass is 35.5. The summed E-state index contributed by atoms with van der Waals surface area (Å²) >= 11 is 11.5. The minimum atomic E-state index is -3.82. The number of rotatable bonds is 3. The smallest absolute Gasteiger partial charge is 0.263 e. The van der Waals surface area contributed by atoms with Gasteiger partial charge in [-0.1, -0.05) is 23.2 Å². The van der Waals surface area contributed by atoms with Crippen LogP contribution in [0, 0.1) is 6.92 Å². The molecule has 1 heterocycles. The number of nitrogens with zero attached hydrogens (tertiary/aromatic N) is 2. The summed E-state index contributed by atoms with van der Waals surface area (Å²) in [5.41, 5.74) is 6.42. The Morgan fingerprint density at radius 2 is 1.90 bits per heavy atom. The number of aromatic nitrogens is 2. The normalized spacial score (nSPS) is 11.3. The molecule has 1 aromatic heterocycles. The Labute approximate surface area is 126 Å². The fourth-order valence-electron chi connectivity index (χ4n) is 1.48. The Bertz CT molecular complexity index is 725. The predicted molar refractivity (Wildman–Crippen MR) is 78.5 cm³/mol. The first-order chi connectivity index (χ1) is 9.29. The first-order valence-electron chi connectivity index (χ1n) is 5.37. The Morgan fingerprint density at radius 3 is 2.45 bits per heavy atom. The van der Waals surface area contributed by atoms with Gasteiger partial charge in [-0.05, 0) is 36.8 Å². The number of anilines is 2. The number of nitrogens with one attached hydrogen (secondary N) is 1. The van der Waals surface area contributed by atoms with Gasteiger partial charge in [0.25, 0.3) is 10.0 Å². The maximum Gasteiger partial charge on any atom is 0.263 e. The van der Waals surface area contributed by atoms with Gasteiger partial charge < -0.3 is 5.73 Å². The third-order valence-electron chi connectivity index (χ3n) is 2.44. The van der Waals surface area contributed by atoms with Crippen molar-refractivity contribution in [2.45, 2.75) is 11.8 Å². The van der Waals surface area contributed by atoms with E-state index in [9.17, 15) is 8.42 Å². The zero-order chi connectivity index (χ0) is 14.9. The third kappa shape index (κ3) is 3.12. The molecule has 0 saturated heterocycles. The van der Waals surface area contributed by atoms with Gasteiger partial charge in [-0.25, -0.2) is 8.42 Å². The Kier molecular flexibility index (Phi) is 4.03. The van der Waals surface area contributed by atoms with Crippen LogP contribution in [0.5, 0.6) is 0 Å². The van der Waals surface area contributed by atoms with Crippen molar-refractivity contribution in [2.75, 3.05) is 10.5 Å². The summed E-state index contributed by atoms with van der Waals surface area (Å²) in [6, 6.07) is 5.53. The first kappa shape index (κ1) is 14.8. The highest BCUT2D eigenvalue weighted by Gasteiger charge is 2.17. The lowest BCUT2D eigenvalue weighted by Gasteiger charge is -2.10. The van der Waals surface area contributed by atoms with Crippen LogP contribution >= 0.6 is 23.2 Å². The molecule has 20 heavy (non-hydrogen) atoms. The zero-order valence-electron chi connectivity index (χ0n) is 10.3. The molecule has 9 heteroatoms. The number of hydrogen-bond acceptors (Lipinski definition) is 5. The van der Waals surface area contributed by atoms with Crippen LogP contribution in [0.1, 0.15) is 5.56 Å². The fourth-order valence-corrected chi connectivity index (χ4v) is 2.81. The van der Waals surface area contributed by atoms with Gasteiger partial charge in [-0.3, -0.25) is 4.72 Å². The van der Waals surface area contributed by atoms with Gasteiger partial charge in [0.05, 0.1) is 15.6 Å². The SMILES string of the molecule is Cc1cc(S(=O)(=O)Nc2ccc(Cl)nn2)cc(N)c1Cl. The molecule has 0 aliphatic rings. The van der Waals surface area contributed by atoms with E-state index in [1.807, 2.05) is 0 Å². The van der Waals surface area contributed by atoms with Gasteiger partial charge in [0, 0.05) is 0 Å². The molecule has 0 bridgehead atoms. The van der Waals surface area contributed by atoms with Crippen LogP contribution in [0.3, 0.4) is 0 Å². The number of hydrogen-bond donors (Lipinski definition) is 2. The highest BCUT2D eigenvalue weighted by Crippen LogP contribution is 2.27. The van der Waals surface area contributed by atoms with Gasteiger partial charge in [0.2, 0.25) is 0 Å². The lowest BCUT2D eigenvalue weighted by Crippen LogP contribution is -2.15. The molecule has 0 fully saturated rings. The van der Waals surface area contributed by atoms with Crippen LogP contribution < -0.4 is 10.5 Å². The molecule has 0 atom stereocenters. The summed E-state index contributed by atoms with van der Waals surface area (Å²) < 4.78 is 26.7. The lowest BCUT2D eigenvalue weighted by molar-refractivity contribution is 0.601. The van der Waals surface area contributed by atoms with E-state index in [1.54, 1.807) is 6.92 Å². The summed E-state index contributed by atoms with van der Waals surface area (Å²) in [7, 11) is -3.82. The van der Waals surface area contributed by atoms with Crippen molar-refractivity contribution in [3.63, 3.8) is 0 Å². The predicted octanol–water partition coefficient (Wildman–Crippen LogP) is 2.47. The molecule has 106 valence electrons. The van der Waals surface area contributed by atoms with E-state index in [4.69, 9.17) is 28.9 Å². The largest absolute Gasteiger partial charge is 0.397 e. The molecule has 0 spiro atoms. The zero-order valence-corrected chi connectivity index (χ0v) is 12.6. The van der Waals surface area contributed by atoms with E-state index >= 15 is 0 Å². The van der Waals surface area contributed by atoms with Crippen LogP contribution in [0.25, 0.3) is 0 Å². The molecule has 2 rings (SSSR count). The summed E-state index contributed by atoms with van der Waals surface area (Å²) in [6.07, 6.45) is 0. The van der Waals surface area contributed by atoms with Crippen molar-refractivity contribution in [3.8, 4) is 0 Å². The van der Waals surface area contributed by atoms with Crippen molar-refractivity contribution >= 4 is 44.7 Å². The number of aryl methyl sites for hydroxylation is 1. The molecule has 0 aliphatic carbocycles. The van der Waals surface area contributed by atoms with Crippen LogP contribution in [-0.4, -0.2) is 18.6 Å². The third-order valence-corrected chi connectivity index (χ3v) is 4.49. The molecule has 0 saturated carbocycles. The van der Waals surface area contributed by atoms with Crippen molar-refractivity contribution in [1.82, 2.24) is 10.2 Å². The number of halogens is 2. The molecule has 1 aromatic carbocycles. The van der Waals surface area contributed by atoms with E-state index < -0.39 is 10.0 Å². The van der Waals surface area contributed by atoms with Crippen molar-refractivity contribution in [3.05, 3.63) is 40.0 Å². The first-order valence-corrected chi connectivity index (χ1v) is 7.61. The minimum Gasteiger partial charge on any atom is -0.397 e. The highest BCUT2D eigenvalue weighted by molar-refractivity contribution is 7.92. The number of nitrogen functional groups attached to an aromatic ring is 1. The minimum absolute atomic E-state index is 0.00588. The van der Waals surface area contributed by atoms with Crippen molar-refractivity contribution in [1.29, 1.82) is 0 Å². The summed E-state index contributed by atoms with van der Waals surface area (Å²) in [5, 5.41) is 7.67. The van der Waals surface area contributed by atoms with Gasteiger partial charge in [0.1, 0.15) is 0 Å². The molecule has 3 N–H and O–H groups in total. The van der Waals surface area contributed by atoms with Gasteiger partial charge >= 0.3 is 0 Å². The van der Waals surface area contributed by atoms with Gasteiger partial charge in [-0.15, -0.1) is 10.2 Å². The van der Waals surface area contributed by atoms with Crippen molar-refractivity contribution < 1.29 is 8.42 Å². The van der Waals surface area contributed by atoms with Crippen LogP contribution in [0.15, 0.2) is 29.2 Å². The van der Waals surface area contributed by atoms with E-state index in [0.29, 0.717) is 10.6 Å². The van der Waals surface area contributed by atoms with E-state index in [2.05, 4.69) is 14.9 Å². The molecule has 6 nitrogen and oxygen atoms in total. The number of nitrogens with two attached hydrogens (primary N) is 1. The maximum absolute atomic E-state index is 12.2. The molecule has 2 aromatic rings. The Hall–Kier alpha value is -1.57. The van der Waals surface area contributed by atoms with Gasteiger partial charge in [0.15, 0.2) is 11.0 Å². The molecular weight excluding hydrogens is 323 g/mol. The summed E-state index contributed by atoms with van der Waals surface area (Å²) in [5.74, 6) is 0.0561. The van der Waals surface area contributed by atoms with E-state index in [-0.39, 0.29) is 21.6 Å². The monoisotopic (exact) mass is 332 g/mol. The van der Waals surface area contributed by atoms with Crippen LogP contribution in [0.2, 0.25) is 10.2 Å². The number of sulfonamides is 1. The Morgan fingerprint density at radius 1 is 1.20 bits per heavy atom. The second-order valence-corrected chi connectivity index (χ2v) is 6.44. The average Bonchev–Trinajstić information content (AvgIpc) is 2.38. The van der Waals surface area contributed by atoms with Crippen LogP contribution in [0.4, 0.5) is 11.5 Å². The summed E-state index contributed by atoms with van der Waals surface area (Å²) in [6.45, 7) is 1.67. The van der Waals surface area contributed by atoms with E-state index in [0.717, 1.165) is 0 Å².